The zero-order valence-electron chi connectivity index (χ0n) is 17.0. The number of pyridine rings is 1. The molecule has 0 unspecified atom stereocenters. The molecule has 4 rings (SSSR count). The molecule has 8 nitrogen and oxygen atoms in total. The van der Waals surface area contributed by atoms with Crippen molar-refractivity contribution in [3.63, 3.8) is 0 Å². The fourth-order valence-corrected chi connectivity index (χ4v) is 4.12. The van der Waals surface area contributed by atoms with Crippen molar-refractivity contribution >= 4 is 26.9 Å². The fourth-order valence-electron chi connectivity index (χ4n) is 3.06. The maximum Gasteiger partial charge on any atom is 0.255 e. The molecular weight excluding hydrogens is 414 g/mol. The van der Waals surface area contributed by atoms with Gasteiger partial charge in [-0.25, -0.2) is 18.4 Å². The van der Waals surface area contributed by atoms with Crippen LogP contribution in [-0.4, -0.2) is 39.5 Å². The van der Waals surface area contributed by atoms with Crippen LogP contribution in [-0.2, 0) is 16.4 Å². The first-order valence-electron chi connectivity index (χ1n) is 9.73. The van der Waals surface area contributed by atoms with Crippen LogP contribution in [0.15, 0.2) is 66.0 Å². The normalized spacial score (nSPS) is 11.7. The van der Waals surface area contributed by atoms with E-state index in [9.17, 15) is 13.2 Å². The lowest BCUT2D eigenvalue weighted by Crippen LogP contribution is -2.23. The molecule has 0 aliphatic carbocycles. The van der Waals surface area contributed by atoms with Crippen LogP contribution in [0.5, 0.6) is 0 Å². The van der Waals surface area contributed by atoms with Gasteiger partial charge in [0.05, 0.1) is 39.8 Å². The van der Waals surface area contributed by atoms with Crippen LogP contribution in [0.2, 0.25) is 0 Å². The SMILES string of the molecule is CC(C)S(=O)(=O)c1ccc(-c2cnc3[nH]cc(C(=O)NCc4ccccn4)c3n2)cc1. The molecule has 1 aromatic carbocycles. The number of hydrogen-bond acceptors (Lipinski definition) is 6. The molecule has 0 bridgehead atoms. The van der Waals surface area contributed by atoms with E-state index in [-0.39, 0.29) is 10.8 Å². The van der Waals surface area contributed by atoms with Crippen molar-refractivity contribution in [2.24, 2.45) is 0 Å². The second-order valence-electron chi connectivity index (χ2n) is 7.28. The van der Waals surface area contributed by atoms with E-state index >= 15 is 0 Å². The number of fused-ring (bicyclic) bond motifs is 1. The summed E-state index contributed by atoms with van der Waals surface area (Å²) in [5.41, 5.74) is 3.30. The number of carbonyl (C=O) groups excluding carboxylic acids is 1. The van der Waals surface area contributed by atoms with E-state index in [4.69, 9.17) is 0 Å². The standard InChI is InChI=1S/C22H21N5O3S/c1-14(2)31(29,30)17-8-6-15(7-9-17)19-13-25-21-20(27-19)18(12-24-21)22(28)26-11-16-5-3-4-10-23-16/h3-10,12-14H,11H2,1-2H3,(H,24,25)(H,26,28). The lowest BCUT2D eigenvalue weighted by Gasteiger charge is -2.08. The molecule has 0 aliphatic heterocycles. The molecule has 0 fully saturated rings. The van der Waals surface area contributed by atoms with E-state index in [0.717, 1.165) is 5.69 Å². The smallest absolute Gasteiger partial charge is 0.255 e. The number of amides is 1. The summed E-state index contributed by atoms with van der Waals surface area (Å²) in [6.45, 7) is 3.59. The highest BCUT2D eigenvalue weighted by Crippen LogP contribution is 2.24. The molecule has 31 heavy (non-hydrogen) atoms. The van der Waals surface area contributed by atoms with Gasteiger partial charge in [0.2, 0.25) is 0 Å². The van der Waals surface area contributed by atoms with E-state index in [1.807, 2.05) is 18.2 Å². The number of aromatic nitrogens is 4. The van der Waals surface area contributed by atoms with Gasteiger partial charge in [-0.15, -0.1) is 0 Å². The van der Waals surface area contributed by atoms with Crippen LogP contribution in [0.1, 0.15) is 29.9 Å². The average molecular weight is 436 g/mol. The second-order valence-corrected chi connectivity index (χ2v) is 9.78. The topological polar surface area (TPSA) is 118 Å². The summed E-state index contributed by atoms with van der Waals surface area (Å²) >= 11 is 0. The molecule has 3 heterocycles. The predicted octanol–water partition coefficient (Wildman–Crippen LogP) is 3.13. The minimum absolute atomic E-state index is 0.261. The number of sulfone groups is 1. The monoisotopic (exact) mass is 435 g/mol. The molecule has 0 spiro atoms. The molecular formula is C22H21N5O3S. The Balaban J connectivity index is 1.60. The summed E-state index contributed by atoms with van der Waals surface area (Å²) in [7, 11) is -3.35. The summed E-state index contributed by atoms with van der Waals surface area (Å²) in [6.07, 6.45) is 4.82. The fraction of sp³-hybridized carbons (Fsp3) is 0.182. The Hall–Kier alpha value is -3.59. The summed E-state index contributed by atoms with van der Waals surface area (Å²) < 4.78 is 24.6. The highest BCUT2D eigenvalue weighted by Gasteiger charge is 2.19. The molecule has 3 aromatic heterocycles. The number of carbonyl (C=O) groups is 1. The molecule has 158 valence electrons. The zero-order chi connectivity index (χ0) is 22.0. The van der Waals surface area contributed by atoms with Crippen molar-refractivity contribution in [1.29, 1.82) is 0 Å². The summed E-state index contributed by atoms with van der Waals surface area (Å²) in [4.78, 5) is 29.0. The molecule has 4 aromatic rings. The van der Waals surface area contributed by atoms with Crippen LogP contribution in [0.4, 0.5) is 0 Å². The van der Waals surface area contributed by atoms with E-state index in [2.05, 4.69) is 25.3 Å². The molecule has 0 atom stereocenters. The number of nitrogens with one attached hydrogen (secondary N) is 2. The Morgan fingerprint density at radius 1 is 1.10 bits per heavy atom. The summed E-state index contributed by atoms with van der Waals surface area (Å²) in [5.74, 6) is -0.290. The Kier molecular flexibility index (Phi) is 5.51. The third kappa shape index (κ3) is 4.17. The Morgan fingerprint density at radius 3 is 2.55 bits per heavy atom. The average Bonchev–Trinajstić information content (AvgIpc) is 3.21. The number of rotatable bonds is 6. The van der Waals surface area contributed by atoms with Crippen LogP contribution >= 0.6 is 0 Å². The Morgan fingerprint density at radius 2 is 1.87 bits per heavy atom. The molecule has 0 aliphatic rings. The third-order valence-corrected chi connectivity index (χ3v) is 7.05. The van der Waals surface area contributed by atoms with Crippen LogP contribution in [0.25, 0.3) is 22.4 Å². The maximum absolute atomic E-state index is 12.7. The molecule has 0 saturated heterocycles. The van der Waals surface area contributed by atoms with Gasteiger partial charge in [0, 0.05) is 18.0 Å². The molecule has 2 N–H and O–H groups in total. The van der Waals surface area contributed by atoms with Gasteiger partial charge >= 0.3 is 0 Å². The maximum atomic E-state index is 12.7. The molecule has 1 amide bonds. The highest BCUT2D eigenvalue weighted by atomic mass is 32.2. The van der Waals surface area contributed by atoms with Crippen molar-refractivity contribution in [3.8, 4) is 11.3 Å². The van der Waals surface area contributed by atoms with E-state index < -0.39 is 15.1 Å². The molecule has 0 radical (unpaired) electrons. The first-order valence-corrected chi connectivity index (χ1v) is 11.3. The van der Waals surface area contributed by atoms with Crippen molar-refractivity contribution in [1.82, 2.24) is 25.3 Å². The quantitative estimate of drug-likeness (QED) is 0.480. The van der Waals surface area contributed by atoms with Gasteiger partial charge in [-0.2, -0.15) is 0 Å². The van der Waals surface area contributed by atoms with E-state index in [1.54, 1.807) is 56.7 Å². The highest BCUT2D eigenvalue weighted by molar-refractivity contribution is 7.92. The minimum Gasteiger partial charge on any atom is -0.346 e. The number of aromatic amines is 1. The Bertz CT molecular complexity index is 1330. The number of hydrogen-bond donors (Lipinski definition) is 2. The first-order chi connectivity index (χ1) is 14.9. The van der Waals surface area contributed by atoms with Crippen molar-refractivity contribution in [2.45, 2.75) is 30.5 Å². The summed E-state index contributed by atoms with van der Waals surface area (Å²) in [6, 6.07) is 12.0. The number of nitrogens with zero attached hydrogens (tertiary/aromatic N) is 3. The van der Waals surface area contributed by atoms with Gasteiger partial charge in [-0.1, -0.05) is 18.2 Å². The molecule has 9 heteroatoms. The van der Waals surface area contributed by atoms with Crippen LogP contribution in [0, 0.1) is 0 Å². The zero-order valence-corrected chi connectivity index (χ0v) is 17.8. The van der Waals surface area contributed by atoms with Gasteiger partial charge in [0.25, 0.3) is 5.91 Å². The minimum atomic E-state index is -3.35. The Labute approximate surface area is 179 Å². The van der Waals surface area contributed by atoms with Gasteiger partial charge < -0.3 is 10.3 Å². The van der Waals surface area contributed by atoms with E-state index in [1.165, 1.54) is 0 Å². The third-order valence-electron chi connectivity index (χ3n) is 4.88. The molecule has 0 saturated carbocycles. The van der Waals surface area contributed by atoms with Gasteiger partial charge in [-0.05, 0) is 38.1 Å². The lowest BCUT2D eigenvalue weighted by molar-refractivity contribution is 0.0952. The largest absolute Gasteiger partial charge is 0.346 e. The van der Waals surface area contributed by atoms with Crippen molar-refractivity contribution in [2.75, 3.05) is 0 Å². The van der Waals surface area contributed by atoms with Crippen LogP contribution in [0.3, 0.4) is 0 Å². The van der Waals surface area contributed by atoms with Crippen LogP contribution < -0.4 is 5.32 Å². The number of H-pyrrole nitrogens is 1. The van der Waals surface area contributed by atoms with Crippen molar-refractivity contribution < 1.29 is 13.2 Å². The lowest BCUT2D eigenvalue weighted by atomic mass is 10.1. The van der Waals surface area contributed by atoms with E-state index in [0.29, 0.717) is 34.5 Å². The van der Waals surface area contributed by atoms with Gasteiger partial charge in [0.1, 0.15) is 5.52 Å². The van der Waals surface area contributed by atoms with Gasteiger partial charge in [-0.3, -0.25) is 9.78 Å². The van der Waals surface area contributed by atoms with Gasteiger partial charge in [0.15, 0.2) is 15.5 Å². The summed E-state index contributed by atoms with van der Waals surface area (Å²) in [5, 5.41) is 2.33. The second kappa shape index (κ2) is 8.27. The first kappa shape index (κ1) is 20.7. The van der Waals surface area contributed by atoms with Crippen molar-refractivity contribution in [3.05, 3.63) is 72.3 Å². The predicted molar refractivity (Wildman–Crippen MR) is 117 cm³/mol. The number of benzene rings is 1.